The van der Waals surface area contributed by atoms with Crippen LogP contribution in [0.4, 0.5) is 9.18 Å². The van der Waals surface area contributed by atoms with Gasteiger partial charge in [-0.15, -0.1) is 0 Å². The molecule has 0 aromatic heterocycles. The first-order chi connectivity index (χ1) is 9.28. The van der Waals surface area contributed by atoms with Gasteiger partial charge >= 0.3 is 6.09 Å². The number of amides is 1. The molecule has 1 aromatic rings. The molecule has 1 fully saturated rings. The summed E-state index contributed by atoms with van der Waals surface area (Å²) in [6, 6.07) is 7.94. The molecule has 1 saturated carbocycles. The zero-order valence-corrected chi connectivity index (χ0v) is 12.1. The van der Waals surface area contributed by atoms with E-state index in [1.807, 2.05) is 20.8 Å². The maximum absolute atomic E-state index is 11.9. The van der Waals surface area contributed by atoms with Gasteiger partial charge in [0.2, 0.25) is 0 Å². The Kier molecular flexibility index (Phi) is 5.95. The van der Waals surface area contributed by atoms with E-state index in [1.165, 1.54) is 12.1 Å². The highest BCUT2D eigenvalue weighted by Crippen LogP contribution is 2.28. The van der Waals surface area contributed by atoms with Crippen LogP contribution in [-0.4, -0.2) is 29.4 Å². The normalized spacial score (nSPS) is 20.4. The summed E-state index contributed by atoms with van der Waals surface area (Å²) in [6.45, 7) is 5.96. The second-order valence-electron chi connectivity index (χ2n) is 5.74. The number of hydrogen-bond acceptors (Lipinski definition) is 3. The van der Waals surface area contributed by atoms with Gasteiger partial charge < -0.3 is 15.2 Å². The van der Waals surface area contributed by atoms with Crippen LogP contribution in [-0.2, 0) is 4.74 Å². The molecule has 2 rings (SSSR count). The summed E-state index contributed by atoms with van der Waals surface area (Å²) in [7, 11) is 0. The van der Waals surface area contributed by atoms with Gasteiger partial charge in [-0.2, -0.15) is 0 Å². The lowest BCUT2D eigenvalue weighted by molar-refractivity contribution is 0.0523. The van der Waals surface area contributed by atoms with Gasteiger partial charge in [0.05, 0.1) is 6.10 Å². The Morgan fingerprint density at radius 1 is 1.40 bits per heavy atom. The molecule has 0 saturated heterocycles. The van der Waals surface area contributed by atoms with E-state index in [9.17, 15) is 9.18 Å². The molecule has 1 aromatic carbocycles. The summed E-state index contributed by atoms with van der Waals surface area (Å²) in [6.07, 6.45) is 0.150. The van der Waals surface area contributed by atoms with Gasteiger partial charge in [-0.3, -0.25) is 0 Å². The number of benzene rings is 1. The predicted molar refractivity (Wildman–Crippen MR) is 74.8 cm³/mol. The molecule has 0 radical (unpaired) electrons. The fourth-order valence-electron chi connectivity index (χ4n) is 1.39. The van der Waals surface area contributed by atoms with Crippen molar-refractivity contribution in [1.29, 1.82) is 0 Å². The molecule has 0 spiro atoms. The SMILES string of the molecule is CC(C)(C)OC(=O)NCC1CC1O.Fc1ccccc1. The maximum atomic E-state index is 11.9. The van der Waals surface area contributed by atoms with Crippen LogP contribution in [0.3, 0.4) is 0 Å². The fraction of sp³-hybridized carbons (Fsp3) is 0.533. The standard InChI is InChI=1S/C9H17NO3.C6H5F/c1-9(2,3)13-8(12)10-5-6-4-7(6)11;7-6-4-2-1-3-5-6/h6-7,11H,4-5H2,1-3H3,(H,10,12);1-5H. The lowest BCUT2D eigenvalue weighted by atomic mass is 10.2. The van der Waals surface area contributed by atoms with Crippen LogP contribution in [0, 0.1) is 11.7 Å². The van der Waals surface area contributed by atoms with Crippen molar-refractivity contribution in [3.8, 4) is 0 Å². The molecule has 0 bridgehead atoms. The summed E-state index contributed by atoms with van der Waals surface area (Å²) in [4.78, 5) is 11.1. The van der Waals surface area contributed by atoms with Crippen molar-refractivity contribution in [1.82, 2.24) is 5.32 Å². The third kappa shape index (κ3) is 7.74. The van der Waals surface area contributed by atoms with Gasteiger partial charge in [0.15, 0.2) is 0 Å². The molecule has 20 heavy (non-hydrogen) atoms. The molecular formula is C15H22FNO3. The van der Waals surface area contributed by atoms with E-state index in [1.54, 1.807) is 18.2 Å². The number of aliphatic hydroxyl groups excluding tert-OH is 1. The largest absolute Gasteiger partial charge is 0.444 e. The molecule has 5 heteroatoms. The van der Waals surface area contributed by atoms with E-state index in [4.69, 9.17) is 9.84 Å². The second kappa shape index (κ2) is 7.24. The Morgan fingerprint density at radius 2 is 1.95 bits per heavy atom. The summed E-state index contributed by atoms with van der Waals surface area (Å²) < 4.78 is 16.9. The van der Waals surface area contributed by atoms with Crippen LogP contribution in [0.15, 0.2) is 30.3 Å². The van der Waals surface area contributed by atoms with Crippen molar-refractivity contribution in [3.63, 3.8) is 0 Å². The molecule has 2 unspecified atom stereocenters. The first-order valence-corrected chi connectivity index (χ1v) is 6.63. The first-order valence-electron chi connectivity index (χ1n) is 6.63. The van der Waals surface area contributed by atoms with Crippen LogP contribution < -0.4 is 5.32 Å². The molecule has 4 nitrogen and oxygen atoms in total. The smallest absolute Gasteiger partial charge is 0.407 e. The minimum Gasteiger partial charge on any atom is -0.444 e. The molecule has 1 amide bonds. The molecule has 2 N–H and O–H groups in total. The minimum atomic E-state index is -0.452. The number of nitrogens with one attached hydrogen (secondary N) is 1. The highest BCUT2D eigenvalue weighted by atomic mass is 19.1. The van der Waals surface area contributed by atoms with Crippen molar-refractivity contribution in [2.45, 2.75) is 38.9 Å². The van der Waals surface area contributed by atoms with Crippen LogP contribution >= 0.6 is 0 Å². The zero-order valence-electron chi connectivity index (χ0n) is 12.1. The number of carbonyl (C=O) groups excluding carboxylic acids is 1. The third-order valence-electron chi connectivity index (χ3n) is 2.53. The van der Waals surface area contributed by atoms with Crippen molar-refractivity contribution in [3.05, 3.63) is 36.1 Å². The number of aliphatic hydroxyl groups is 1. The fourth-order valence-corrected chi connectivity index (χ4v) is 1.39. The molecule has 1 aliphatic carbocycles. The molecule has 2 atom stereocenters. The van der Waals surface area contributed by atoms with Gasteiger partial charge in [-0.05, 0) is 39.3 Å². The monoisotopic (exact) mass is 283 g/mol. The third-order valence-corrected chi connectivity index (χ3v) is 2.53. The summed E-state index contributed by atoms with van der Waals surface area (Å²) >= 11 is 0. The average Bonchev–Trinajstić information content (AvgIpc) is 3.02. The lowest BCUT2D eigenvalue weighted by Gasteiger charge is -2.19. The van der Waals surface area contributed by atoms with Gasteiger partial charge in [-0.25, -0.2) is 9.18 Å². The lowest BCUT2D eigenvalue weighted by Crippen LogP contribution is -2.33. The average molecular weight is 283 g/mol. The van der Waals surface area contributed by atoms with E-state index < -0.39 is 11.7 Å². The molecule has 112 valence electrons. The van der Waals surface area contributed by atoms with Gasteiger partial charge in [0.1, 0.15) is 11.4 Å². The minimum absolute atomic E-state index is 0.178. The van der Waals surface area contributed by atoms with E-state index in [0.29, 0.717) is 6.54 Å². The Hall–Kier alpha value is -1.62. The van der Waals surface area contributed by atoms with Gasteiger partial charge in [-0.1, -0.05) is 18.2 Å². The van der Waals surface area contributed by atoms with Crippen molar-refractivity contribution in [2.75, 3.05) is 6.54 Å². The highest BCUT2D eigenvalue weighted by molar-refractivity contribution is 5.67. The quantitative estimate of drug-likeness (QED) is 0.877. The Morgan fingerprint density at radius 3 is 2.30 bits per heavy atom. The summed E-state index contributed by atoms with van der Waals surface area (Å²) in [5, 5.41) is 11.6. The predicted octanol–water partition coefficient (Wildman–Crippen LogP) is 2.72. The first kappa shape index (κ1) is 16.4. The van der Waals surface area contributed by atoms with E-state index in [2.05, 4.69) is 5.32 Å². The Bertz CT molecular complexity index is 417. The summed E-state index contributed by atoms with van der Waals surface area (Å²) in [5.41, 5.74) is -0.452. The Balaban J connectivity index is 0.000000240. The zero-order chi connectivity index (χ0) is 15.2. The number of halogens is 1. The van der Waals surface area contributed by atoms with Gasteiger partial charge in [0.25, 0.3) is 0 Å². The Labute approximate surface area is 119 Å². The number of alkyl carbamates (subject to hydrolysis) is 1. The van der Waals surface area contributed by atoms with Crippen LogP contribution in [0.5, 0.6) is 0 Å². The molecule has 0 heterocycles. The second-order valence-corrected chi connectivity index (χ2v) is 5.74. The molecular weight excluding hydrogens is 261 g/mol. The maximum Gasteiger partial charge on any atom is 0.407 e. The van der Waals surface area contributed by atoms with Crippen LogP contribution in [0.25, 0.3) is 0 Å². The molecule has 0 aliphatic heterocycles. The number of rotatable bonds is 2. The number of carbonyl (C=O) groups is 1. The van der Waals surface area contributed by atoms with E-state index in [0.717, 1.165) is 6.42 Å². The molecule has 1 aliphatic rings. The van der Waals surface area contributed by atoms with E-state index in [-0.39, 0.29) is 17.8 Å². The number of ether oxygens (including phenoxy) is 1. The topological polar surface area (TPSA) is 58.6 Å². The van der Waals surface area contributed by atoms with Crippen molar-refractivity contribution < 1.29 is 19.0 Å². The van der Waals surface area contributed by atoms with E-state index >= 15 is 0 Å². The van der Waals surface area contributed by atoms with Crippen molar-refractivity contribution in [2.24, 2.45) is 5.92 Å². The number of hydrogen-bond donors (Lipinski definition) is 2. The van der Waals surface area contributed by atoms with Crippen LogP contribution in [0.2, 0.25) is 0 Å². The van der Waals surface area contributed by atoms with Crippen LogP contribution in [0.1, 0.15) is 27.2 Å². The van der Waals surface area contributed by atoms with Gasteiger partial charge in [0, 0.05) is 12.5 Å². The summed E-state index contributed by atoms with van der Waals surface area (Å²) in [5.74, 6) is 0.0509. The van der Waals surface area contributed by atoms with Crippen molar-refractivity contribution >= 4 is 6.09 Å². The highest BCUT2D eigenvalue weighted by Gasteiger charge is 2.35.